The van der Waals surface area contributed by atoms with E-state index >= 15 is 0 Å². The summed E-state index contributed by atoms with van der Waals surface area (Å²) in [7, 11) is 0. The molecular weight excluding hydrogens is 261 g/mol. The molecule has 0 atom stereocenters. The van der Waals surface area contributed by atoms with Gasteiger partial charge < -0.3 is 9.84 Å². The summed E-state index contributed by atoms with van der Waals surface area (Å²) in [5.41, 5.74) is 0.979. The van der Waals surface area contributed by atoms with Crippen molar-refractivity contribution in [1.82, 2.24) is 15.5 Å². The van der Waals surface area contributed by atoms with Crippen molar-refractivity contribution in [2.45, 2.75) is 13.0 Å². The minimum Gasteiger partial charge on any atom is -0.343 e. The van der Waals surface area contributed by atoms with E-state index in [-0.39, 0.29) is 0 Å². The zero-order valence-corrected chi connectivity index (χ0v) is 10.5. The van der Waals surface area contributed by atoms with Gasteiger partial charge in [-0.2, -0.15) is 4.98 Å². The molecule has 0 spiro atoms. The van der Waals surface area contributed by atoms with E-state index in [1.807, 2.05) is 12.1 Å². The summed E-state index contributed by atoms with van der Waals surface area (Å²) in [4.78, 5) is 3.93. The molecule has 0 amide bonds. The molecule has 1 aromatic carbocycles. The Balaban J connectivity index is 1.80. The van der Waals surface area contributed by atoms with Crippen molar-refractivity contribution < 1.29 is 4.52 Å². The average molecular weight is 272 g/mol. The number of halogens is 2. The molecule has 0 aliphatic carbocycles. The summed E-state index contributed by atoms with van der Waals surface area (Å²) in [6.07, 6.45) is 2.04. The van der Waals surface area contributed by atoms with Crippen molar-refractivity contribution in [3.63, 3.8) is 0 Å². The van der Waals surface area contributed by atoms with E-state index in [0.29, 0.717) is 28.8 Å². The first-order valence-electron chi connectivity index (χ1n) is 5.16. The van der Waals surface area contributed by atoms with Crippen LogP contribution in [0.15, 0.2) is 29.1 Å². The molecule has 0 aliphatic rings. The minimum absolute atomic E-state index is 0.573. The number of rotatable bonds is 5. The van der Waals surface area contributed by atoms with Gasteiger partial charge in [0.05, 0.1) is 10.0 Å². The van der Waals surface area contributed by atoms with Gasteiger partial charge in [0.1, 0.15) is 0 Å². The molecule has 0 aliphatic heterocycles. The first-order chi connectivity index (χ1) is 8.27. The fourth-order valence-electron chi connectivity index (χ4n) is 1.41. The highest BCUT2D eigenvalue weighted by molar-refractivity contribution is 6.42. The number of nitrogens with one attached hydrogen (secondary N) is 1. The van der Waals surface area contributed by atoms with Crippen LogP contribution in [0, 0.1) is 0 Å². The van der Waals surface area contributed by atoms with Gasteiger partial charge in [0.2, 0.25) is 6.39 Å². The molecule has 2 rings (SSSR count). The zero-order chi connectivity index (χ0) is 12.1. The third-order valence-electron chi connectivity index (χ3n) is 2.28. The lowest BCUT2D eigenvalue weighted by Crippen LogP contribution is -2.17. The summed E-state index contributed by atoms with van der Waals surface area (Å²) in [5, 5.41) is 8.13. The van der Waals surface area contributed by atoms with Gasteiger partial charge in [0.15, 0.2) is 5.82 Å². The van der Waals surface area contributed by atoms with Crippen LogP contribution < -0.4 is 5.32 Å². The average Bonchev–Trinajstić information content (AvgIpc) is 2.83. The van der Waals surface area contributed by atoms with Crippen LogP contribution in [0.2, 0.25) is 10.0 Å². The predicted molar refractivity (Wildman–Crippen MR) is 66.2 cm³/mol. The summed E-state index contributed by atoms with van der Waals surface area (Å²) < 4.78 is 4.64. The Hall–Kier alpha value is -1.10. The Morgan fingerprint density at radius 1 is 1.29 bits per heavy atom. The fraction of sp³-hybridized carbons (Fsp3) is 0.273. The largest absolute Gasteiger partial charge is 0.343 e. The Labute approximate surface area is 109 Å². The molecule has 90 valence electrons. The zero-order valence-electron chi connectivity index (χ0n) is 8.99. The molecular formula is C11H11Cl2N3O. The molecule has 0 saturated heterocycles. The number of benzene rings is 1. The maximum atomic E-state index is 6.06. The van der Waals surface area contributed by atoms with Gasteiger partial charge in [-0.05, 0) is 11.6 Å². The lowest BCUT2D eigenvalue weighted by Gasteiger charge is -2.06. The van der Waals surface area contributed by atoms with E-state index in [1.165, 1.54) is 6.39 Å². The first-order valence-corrected chi connectivity index (χ1v) is 5.92. The fourth-order valence-corrected chi connectivity index (χ4v) is 1.80. The molecule has 0 unspecified atom stereocenters. The normalized spacial score (nSPS) is 10.7. The van der Waals surface area contributed by atoms with Gasteiger partial charge in [0.25, 0.3) is 0 Å². The third-order valence-corrected chi connectivity index (χ3v) is 3.14. The second-order valence-electron chi connectivity index (χ2n) is 3.49. The molecule has 0 saturated carbocycles. The lowest BCUT2D eigenvalue weighted by molar-refractivity contribution is 0.409. The Kier molecular flexibility index (Phi) is 4.36. The Bertz CT molecular complexity index is 474. The maximum Gasteiger partial charge on any atom is 0.213 e. The highest BCUT2D eigenvalue weighted by Gasteiger charge is 2.04. The topological polar surface area (TPSA) is 51.0 Å². The van der Waals surface area contributed by atoms with Crippen molar-refractivity contribution >= 4 is 23.2 Å². The van der Waals surface area contributed by atoms with E-state index < -0.39 is 0 Å². The highest BCUT2D eigenvalue weighted by Crippen LogP contribution is 2.25. The van der Waals surface area contributed by atoms with Crippen LogP contribution in [-0.2, 0) is 13.0 Å². The molecule has 6 heteroatoms. The SMILES string of the molecule is Clc1cccc(CNCCc2ncon2)c1Cl. The molecule has 17 heavy (non-hydrogen) atoms. The van der Waals surface area contributed by atoms with Gasteiger partial charge in [-0.25, -0.2) is 0 Å². The van der Waals surface area contributed by atoms with Crippen molar-refractivity contribution in [2.24, 2.45) is 0 Å². The van der Waals surface area contributed by atoms with E-state index in [9.17, 15) is 0 Å². The standard InChI is InChI=1S/C11H11Cl2N3O/c12-9-3-1-2-8(11(9)13)6-14-5-4-10-15-7-17-16-10/h1-3,7,14H,4-6H2. The van der Waals surface area contributed by atoms with Gasteiger partial charge in [-0.15, -0.1) is 0 Å². The molecule has 2 aromatic rings. The van der Waals surface area contributed by atoms with Crippen molar-refractivity contribution in [2.75, 3.05) is 6.54 Å². The molecule has 0 radical (unpaired) electrons. The van der Waals surface area contributed by atoms with Crippen LogP contribution in [0.25, 0.3) is 0 Å². The quantitative estimate of drug-likeness (QED) is 0.850. The number of hydrogen-bond acceptors (Lipinski definition) is 4. The van der Waals surface area contributed by atoms with Crippen LogP contribution in [0.4, 0.5) is 0 Å². The van der Waals surface area contributed by atoms with Crippen molar-refractivity contribution in [3.05, 3.63) is 46.0 Å². The molecule has 1 N–H and O–H groups in total. The maximum absolute atomic E-state index is 6.06. The van der Waals surface area contributed by atoms with Gasteiger partial charge in [0, 0.05) is 19.5 Å². The van der Waals surface area contributed by atoms with Gasteiger partial charge >= 0.3 is 0 Å². The molecule has 4 nitrogen and oxygen atoms in total. The van der Waals surface area contributed by atoms with E-state index in [1.54, 1.807) is 6.07 Å². The second-order valence-corrected chi connectivity index (χ2v) is 4.27. The minimum atomic E-state index is 0.573. The summed E-state index contributed by atoms with van der Waals surface area (Å²) >= 11 is 12.0. The highest BCUT2D eigenvalue weighted by atomic mass is 35.5. The number of nitrogens with zero attached hydrogens (tertiary/aromatic N) is 2. The summed E-state index contributed by atoms with van der Waals surface area (Å²) in [6.45, 7) is 1.42. The van der Waals surface area contributed by atoms with Crippen molar-refractivity contribution in [1.29, 1.82) is 0 Å². The lowest BCUT2D eigenvalue weighted by atomic mass is 10.2. The van der Waals surface area contributed by atoms with Gasteiger partial charge in [-0.3, -0.25) is 0 Å². The smallest absolute Gasteiger partial charge is 0.213 e. The predicted octanol–water partition coefficient (Wildman–Crippen LogP) is 2.71. The Morgan fingerprint density at radius 2 is 2.18 bits per heavy atom. The molecule has 0 fully saturated rings. The molecule has 0 bridgehead atoms. The molecule has 1 aromatic heterocycles. The number of hydrogen-bond donors (Lipinski definition) is 1. The van der Waals surface area contributed by atoms with E-state index in [0.717, 1.165) is 12.1 Å². The second kappa shape index (κ2) is 6.00. The first kappa shape index (κ1) is 12.4. The van der Waals surface area contributed by atoms with Crippen LogP contribution in [0.1, 0.15) is 11.4 Å². The van der Waals surface area contributed by atoms with Crippen LogP contribution in [-0.4, -0.2) is 16.7 Å². The van der Waals surface area contributed by atoms with Crippen molar-refractivity contribution in [3.8, 4) is 0 Å². The summed E-state index contributed by atoms with van der Waals surface area (Å²) in [5.74, 6) is 0.690. The van der Waals surface area contributed by atoms with E-state index in [4.69, 9.17) is 23.2 Å². The van der Waals surface area contributed by atoms with E-state index in [2.05, 4.69) is 20.0 Å². The van der Waals surface area contributed by atoms with Crippen LogP contribution >= 0.6 is 23.2 Å². The molecule has 1 heterocycles. The monoisotopic (exact) mass is 271 g/mol. The Morgan fingerprint density at radius 3 is 2.94 bits per heavy atom. The summed E-state index contributed by atoms with van der Waals surface area (Å²) in [6, 6.07) is 5.59. The third kappa shape index (κ3) is 3.43. The van der Waals surface area contributed by atoms with Gasteiger partial charge in [-0.1, -0.05) is 40.5 Å². The number of aromatic nitrogens is 2. The van der Waals surface area contributed by atoms with Crippen LogP contribution in [0.3, 0.4) is 0 Å². The van der Waals surface area contributed by atoms with Crippen LogP contribution in [0.5, 0.6) is 0 Å².